The van der Waals surface area contributed by atoms with Gasteiger partial charge < -0.3 is 9.31 Å². The molecule has 0 atom stereocenters. The number of hydrogen-bond acceptors (Lipinski definition) is 10. The summed E-state index contributed by atoms with van der Waals surface area (Å²) in [5, 5.41) is 21.6. The maximum atomic E-state index is 12.6. The van der Waals surface area contributed by atoms with Crippen LogP contribution in [0.25, 0.3) is 0 Å². The fourth-order valence-electron chi connectivity index (χ4n) is 3.32. The number of nitro benzene ring substituents is 2. The lowest BCUT2D eigenvalue weighted by molar-refractivity contribution is -0.385. The third kappa shape index (κ3) is 7.49. The van der Waals surface area contributed by atoms with Crippen molar-refractivity contribution < 1.29 is 36.0 Å². The number of non-ortho nitro benzene ring substituents is 2. The zero-order chi connectivity index (χ0) is 29.6. The first-order valence-corrected chi connectivity index (χ1v) is 14.3. The van der Waals surface area contributed by atoms with Crippen molar-refractivity contribution in [1.29, 1.82) is 0 Å². The van der Waals surface area contributed by atoms with Crippen molar-refractivity contribution in [3.8, 4) is 11.5 Å². The highest BCUT2D eigenvalue weighted by Gasteiger charge is 2.18. The summed E-state index contributed by atoms with van der Waals surface area (Å²) in [5.74, 6) is 0.396. The predicted molar refractivity (Wildman–Crippen MR) is 148 cm³/mol. The van der Waals surface area contributed by atoms with Crippen LogP contribution in [0.2, 0.25) is 0 Å². The van der Waals surface area contributed by atoms with E-state index in [1.54, 1.807) is 0 Å². The van der Waals surface area contributed by atoms with E-state index in [0.717, 1.165) is 56.2 Å². The number of nitrogens with one attached hydrogen (secondary N) is 2. The van der Waals surface area contributed by atoms with Gasteiger partial charge in [0.1, 0.15) is 11.5 Å². The van der Waals surface area contributed by atoms with Crippen LogP contribution in [-0.2, 0) is 20.0 Å². The summed E-state index contributed by atoms with van der Waals surface area (Å²) < 4.78 is 66.0. The summed E-state index contributed by atoms with van der Waals surface area (Å²) >= 11 is 0. The SMILES string of the molecule is O=[N+]([O-])c1ccc(S(=O)(=O)Nc2cccc(O[B]Oc3cccc(NS(=O)(=O)c4ccc([N+](=O)[O-])cc4)c3)c2)cc1. The second-order valence-electron chi connectivity index (χ2n) is 8.10. The Labute approximate surface area is 234 Å². The highest BCUT2D eigenvalue weighted by atomic mass is 32.2. The third-order valence-corrected chi connectivity index (χ3v) is 8.05. The molecule has 4 aromatic carbocycles. The van der Waals surface area contributed by atoms with Crippen molar-refractivity contribution in [1.82, 2.24) is 0 Å². The molecule has 0 spiro atoms. The number of anilines is 2. The fraction of sp³-hybridized carbons (Fsp3) is 0. The molecule has 17 heteroatoms. The smallest absolute Gasteiger partial charge is 0.526 e. The van der Waals surface area contributed by atoms with E-state index in [9.17, 15) is 37.1 Å². The first-order valence-electron chi connectivity index (χ1n) is 11.3. The summed E-state index contributed by atoms with van der Waals surface area (Å²) in [6, 6.07) is 20.5. The van der Waals surface area contributed by atoms with Crippen LogP contribution >= 0.6 is 0 Å². The van der Waals surface area contributed by atoms with Gasteiger partial charge in [0.05, 0.1) is 31.0 Å². The largest absolute Gasteiger partial charge is 0.658 e. The van der Waals surface area contributed by atoms with Crippen molar-refractivity contribution >= 4 is 50.5 Å². The van der Waals surface area contributed by atoms with Crippen molar-refractivity contribution in [2.45, 2.75) is 9.79 Å². The number of sulfonamides is 2. The molecule has 2 N–H and O–H groups in total. The number of benzene rings is 4. The molecule has 209 valence electrons. The lowest BCUT2D eigenvalue weighted by atomic mass is 10.2. The molecule has 0 aliphatic rings. The third-order valence-electron chi connectivity index (χ3n) is 5.26. The molecule has 0 saturated carbocycles. The average molecular weight is 597 g/mol. The van der Waals surface area contributed by atoms with Gasteiger partial charge in [0, 0.05) is 36.4 Å². The maximum absolute atomic E-state index is 12.6. The van der Waals surface area contributed by atoms with Gasteiger partial charge in [0.2, 0.25) is 0 Å². The van der Waals surface area contributed by atoms with E-state index in [-0.39, 0.29) is 44.0 Å². The molecule has 0 aliphatic carbocycles. The minimum Gasteiger partial charge on any atom is -0.526 e. The van der Waals surface area contributed by atoms with E-state index in [4.69, 9.17) is 9.31 Å². The van der Waals surface area contributed by atoms with Crippen molar-refractivity contribution in [3.63, 3.8) is 0 Å². The molecule has 0 heterocycles. The van der Waals surface area contributed by atoms with Gasteiger partial charge in [-0.25, -0.2) is 16.8 Å². The molecule has 4 rings (SSSR count). The Morgan fingerprint density at radius 2 is 0.951 bits per heavy atom. The summed E-state index contributed by atoms with van der Waals surface area (Å²) in [6.45, 7) is 0. The Bertz CT molecular complexity index is 1670. The molecule has 41 heavy (non-hydrogen) atoms. The van der Waals surface area contributed by atoms with Gasteiger partial charge in [-0.05, 0) is 48.5 Å². The summed E-state index contributed by atoms with van der Waals surface area (Å²) in [7, 11) is -7.12. The molecule has 0 unspecified atom stereocenters. The molecule has 0 aliphatic heterocycles. The van der Waals surface area contributed by atoms with E-state index in [2.05, 4.69) is 9.44 Å². The Kier molecular flexibility index (Phi) is 8.39. The highest BCUT2D eigenvalue weighted by Crippen LogP contribution is 2.24. The lowest BCUT2D eigenvalue weighted by Gasteiger charge is -2.12. The number of nitro groups is 2. The second kappa shape index (κ2) is 11.9. The molecule has 4 aromatic rings. The van der Waals surface area contributed by atoms with Gasteiger partial charge in [0.25, 0.3) is 31.4 Å². The molecule has 0 amide bonds. The van der Waals surface area contributed by atoms with Crippen LogP contribution in [0, 0.1) is 20.2 Å². The monoisotopic (exact) mass is 597 g/mol. The van der Waals surface area contributed by atoms with E-state index in [1.807, 2.05) is 0 Å². The zero-order valence-electron chi connectivity index (χ0n) is 20.6. The normalized spacial score (nSPS) is 11.2. The van der Waals surface area contributed by atoms with Crippen molar-refractivity contribution in [2.24, 2.45) is 0 Å². The molecule has 14 nitrogen and oxygen atoms in total. The number of nitrogens with zero attached hydrogens (tertiary/aromatic N) is 2. The van der Waals surface area contributed by atoms with Gasteiger partial charge in [-0.2, -0.15) is 0 Å². The average Bonchev–Trinajstić information content (AvgIpc) is 2.93. The van der Waals surface area contributed by atoms with E-state index < -0.39 is 29.9 Å². The molecular formula is C24H18BN4O10S2. The van der Waals surface area contributed by atoms with E-state index in [1.165, 1.54) is 48.5 Å². The van der Waals surface area contributed by atoms with Gasteiger partial charge in [-0.15, -0.1) is 0 Å². The van der Waals surface area contributed by atoms with Crippen LogP contribution in [0.4, 0.5) is 22.7 Å². The number of rotatable bonds is 12. The maximum Gasteiger partial charge on any atom is 0.658 e. The van der Waals surface area contributed by atoms with Crippen LogP contribution in [0.5, 0.6) is 11.5 Å². The summed E-state index contributed by atoms with van der Waals surface area (Å²) in [5.41, 5.74) is -0.196. The second-order valence-corrected chi connectivity index (χ2v) is 11.5. The van der Waals surface area contributed by atoms with Crippen LogP contribution < -0.4 is 18.8 Å². The Hall–Kier alpha value is -5.16. The lowest BCUT2D eigenvalue weighted by Crippen LogP contribution is -2.14. The molecular weight excluding hydrogens is 579 g/mol. The van der Waals surface area contributed by atoms with Gasteiger partial charge in [0.15, 0.2) is 0 Å². The van der Waals surface area contributed by atoms with Gasteiger partial charge >= 0.3 is 7.69 Å². The molecule has 0 saturated heterocycles. The molecule has 0 aromatic heterocycles. The van der Waals surface area contributed by atoms with E-state index >= 15 is 0 Å². The molecule has 1 radical (unpaired) electrons. The van der Waals surface area contributed by atoms with Crippen LogP contribution in [0.15, 0.2) is 107 Å². The van der Waals surface area contributed by atoms with Crippen molar-refractivity contribution in [3.05, 3.63) is 117 Å². The highest BCUT2D eigenvalue weighted by molar-refractivity contribution is 7.93. The predicted octanol–water partition coefficient (Wildman–Crippen LogP) is 4.10. The standard InChI is InChI=1S/C24H18BN4O10S2/c30-28(31)19-7-11-23(12-8-19)40(34,35)26-17-3-1-5-21(15-17)38-25-39-22-6-2-4-18(16-22)27-41(36,37)24-13-9-20(10-14-24)29(32)33/h1-16,26-27H. The molecule has 0 bridgehead atoms. The first kappa shape index (κ1) is 28.8. The van der Waals surface area contributed by atoms with Crippen LogP contribution in [0.1, 0.15) is 0 Å². The van der Waals surface area contributed by atoms with E-state index in [0.29, 0.717) is 0 Å². The first-order chi connectivity index (χ1) is 19.4. The summed E-state index contributed by atoms with van der Waals surface area (Å²) in [4.78, 5) is 20.0. The Balaban J connectivity index is 1.36. The number of hydrogen-bond donors (Lipinski definition) is 2. The quantitative estimate of drug-likeness (QED) is 0.136. The minimum atomic E-state index is -4.04. The Morgan fingerprint density at radius 1 is 0.585 bits per heavy atom. The molecule has 0 fully saturated rings. The Morgan fingerprint density at radius 3 is 1.29 bits per heavy atom. The zero-order valence-corrected chi connectivity index (χ0v) is 22.2. The van der Waals surface area contributed by atoms with Crippen molar-refractivity contribution in [2.75, 3.05) is 9.44 Å². The summed E-state index contributed by atoms with van der Waals surface area (Å²) in [6.07, 6.45) is 0. The fourth-order valence-corrected chi connectivity index (χ4v) is 5.42. The van der Waals surface area contributed by atoms with Gasteiger partial charge in [-0.3, -0.25) is 29.7 Å². The minimum absolute atomic E-state index is 0.150. The van der Waals surface area contributed by atoms with Crippen LogP contribution in [0.3, 0.4) is 0 Å². The van der Waals surface area contributed by atoms with Gasteiger partial charge in [-0.1, -0.05) is 12.1 Å². The topological polar surface area (TPSA) is 197 Å². The van der Waals surface area contributed by atoms with Crippen LogP contribution in [-0.4, -0.2) is 34.4 Å².